The third kappa shape index (κ3) is 3.87. The average Bonchev–Trinajstić information content (AvgIpc) is 2.62. The number of piperidine rings is 1. The highest BCUT2D eigenvalue weighted by atomic mass is 19.1. The van der Waals surface area contributed by atoms with Gasteiger partial charge in [0.2, 0.25) is 0 Å². The molecule has 1 amide bonds. The summed E-state index contributed by atoms with van der Waals surface area (Å²) in [5.74, 6) is -0.952. The number of nitrogens with two attached hydrogens (primary N) is 1. The molecule has 25 heavy (non-hydrogen) atoms. The Morgan fingerprint density at radius 1 is 1.16 bits per heavy atom. The molecule has 0 saturated carbocycles. The highest BCUT2D eigenvalue weighted by Gasteiger charge is 2.27. The van der Waals surface area contributed by atoms with Gasteiger partial charge < -0.3 is 10.6 Å². The Hall–Kier alpha value is -2.27. The van der Waals surface area contributed by atoms with Crippen LogP contribution in [0.1, 0.15) is 30.1 Å². The maximum Gasteiger partial charge on any atom is 0.256 e. The van der Waals surface area contributed by atoms with Gasteiger partial charge in [-0.05, 0) is 61.1 Å². The standard InChI is InChI=1S/C20H22F2N2O/c1-13(23)16-3-2-10-24(12-16)20(25)18-9-6-15(11-19(18)22)14-4-7-17(21)8-5-14/h4-9,11,13,16H,2-3,10,12,23H2,1H3/t13-,16-/m1/s1. The van der Waals surface area contributed by atoms with Crippen LogP contribution in [-0.4, -0.2) is 29.9 Å². The molecule has 3 rings (SSSR count). The number of carbonyl (C=O) groups is 1. The van der Waals surface area contributed by atoms with Crippen LogP contribution in [0.15, 0.2) is 42.5 Å². The first-order valence-corrected chi connectivity index (χ1v) is 8.56. The van der Waals surface area contributed by atoms with E-state index in [-0.39, 0.29) is 29.2 Å². The van der Waals surface area contributed by atoms with Crippen molar-refractivity contribution >= 4 is 5.91 Å². The van der Waals surface area contributed by atoms with E-state index >= 15 is 0 Å². The van der Waals surface area contributed by atoms with E-state index < -0.39 is 5.82 Å². The van der Waals surface area contributed by atoms with Gasteiger partial charge in [-0.25, -0.2) is 8.78 Å². The Balaban J connectivity index is 1.80. The quantitative estimate of drug-likeness (QED) is 0.920. The lowest BCUT2D eigenvalue weighted by Crippen LogP contribution is -2.45. The van der Waals surface area contributed by atoms with E-state index in [9.17, 15) is 13.6 Å². The average molecular weight is 344 g/mol. The van der Waals surface area contributed by atoms with Crippen molar-refractivity contribution in [3.8, 4) is 11.1 Å². The Morgan fingerprint density at radius 3 is 2.48 bits per heavy atom. The van der Waals surface area contributed by atoms with Gasteiger partial charge in [0.05, 0.1) is 5.56 Å². The molecule has 2 N–H and O–H groups in total. The van der Waals surface area contributed by atoms with Crippen LogP contribution >= 0.6 is 0 Å². The van der Waals surface area contributed by atoms with E-state index in [1.54, 1.807) is 23.1 Å². The summed E-state index contributed by atoms with van der Waals surface area (Å²) in [7, 11) is 0. The van der Waals surface area contributed by atoms with Gasteiger partial charge in [0.1, 0.15) is 11.6 Å². The molecule has 1 saturated heterocycles. The molecular weight excluding hydrogens is 322 g/mol. The molecule has 0 spiro atoms. The summed E-state index contributed by atoms with van der Waals surface area (Å²) in [6.07, 6.45) is 1.88. The van der Waals surface area contributed by atoms with E-state index in [0.717, 1.165) is 12.8 Å². The van der Waals surface area contributed by atoms with E-state index in [1.807, 2.05) is 6.92 Å². The second-order valence-electron chi connectivity index (χ2n) is 6.71. The third-order valence-corrected chi connectivity index (χ3v) is 4.87. The van der Waals surface area contributed by atoms with Gasteiger partial charge in [0, 0.05) is 19.1 Å². The van der Waals surface area contributed by atoms with Crippen molar-refractivity contribution in [2.75, 3.05) is 13.1 Å². The summed E-state index contributed by atoms with van der Waals surface area (Å²) in [4.78, 5) is 14.4. The zero-order valence-corrected chi connectivity index (χ0v) is 14.2. The van der Waals surface area contributed by atoms with Crippen LogP contribution < -0.4 is 5.73 Å². The number of likely N-dealkylation sites (tertiary alicyclic amines) is 1. The van der Waals surface area contributed by atoms with Crippen LogP contribution in [0.4, 0.5) is 8.78 Å². The van der Waals surface area contributed by atoms with Gasteiger partial charge >= 0.3 is 0 Å². The molecule has 1 aliphatic heterocycles. The SMILES string of the molecule is C[C@@H](N)[C@@H]1CCCN(C(=O)c2ccc(-c3ccc(F)cc3)cc2F)C1. The molecule has 5 heteroatoms. The molecule has 0 unspecified atom stereocenters. The van der Waals surface area contributed by atoms with E-state index in [4.69, 9.17) is 5.73 Å². The smallest absolute Gasteiger partial charge is 0.256 e. The number of rotatable bonds is 3. The minimum Gasteiger partial charge on any atom is -0.338 e. The summed E-state index contributed by atoms with van der Waals surface area (Å²) in [6.45, 7) is 3.13. The second kappa shape index (κ2) is 7.31. The Bertz CT molecular complexity index is 759. The number of hydrogen-bond acceptors (Lipinski definition) is 2. The molecule has 132 valence electrons. The van der Waals surface area contributed by atoms with Crippen LogP contribution in [0.5, 0.6) is 0 Å². The molecule has 1 fully saturated rings. The van der Waals surface area contributed by atoms with Gasteiger partial charge in [-0.2, -0.15) is 0 Å². The van der Waals surface area contributed by atoms with Crippen LogP contribution in [0.25, 0.3) is 11.1 Å². The van der Waals surface area contributed by atoms with Gasteiger partial charge in [-0.15, -0.1) is 0 Å². The molecule has 0 aliphatic carbocycles. The number of benzene rings is 2. The molecule has 1 heterocycles. The predicted molar refractivity (Wildman–Crippen MR) is 94.1 cm³/mol. The van der Waals surface area contributed by atoms with Gasteiger partial charge in [0.25, 0.3) is 5.91 Å². The largest absolute Gasteiger partial charge is 0.338 e. The Morgan fingerprint density at radius 2 is 1.84 bits per heavy atom. The molecular formula is C20H22F2N2O. The van der Waals surface area contributed by atoms with Crippen LogP contribution in [0.2, 0.25) is 0 Å². The first-order valence-electron chi connectivity index (χ1n) is 8.56. The van der Waals surface area contributed by atoms with Gasteiger partial charge in [0.15, 0.2) is 0 Å². The van der Waals surface area contributed by atoms with Crippen molar-refractivity contribution in [2.45, 2.75) is 25.8 Å². The maximum atomic E-state index is 14.5. The van der Waals surface area contributed by atoms with Gasteiger partial charge in [-0.1, -0.05) is 18.2 Å². The predicted octanol–water partition coefficient (Wildman–Crippen LogP) is 3.83. The van der Waals surface area contributed by atoms with Crippen molar-refractivity contribution in [1.82, 2.24) is 4.90 Å². The number of nitrogens with zero attached hydrogens (tertiary/aromatic N) is 1. The number of hydrogen-bond donors (Lipinski definition) is 1. The van der Waals surface area contributed by atoms with Crippen molar-refractivity contribution in [3.63, 3.8) is 0 Å². The van der Waals surface area contributed by atoms with Crippen molar-refractivity contribution < 1.29 is 13.6 Å². The summed E-state index contributed by atoms with van der Waals surface area (Å²) in [6, 6.07) is 10.4. The van der Waals surface area contributed by atoms with Crippen molar-refractivity contribution in [2.24, 2.45) is 11.7 Å². The molecule has 2 atom stereocenters. The lowest BCUT2D eigenvalue weighted by Gasteiger charge is -2.34. The molecule has 2 aromatic carbocycles. The topological polar surface area (TPSA) is 46.3 Å². The summed E-state index contributed by atoms with van der Waals surface area (Å²) >= 11 is 0. The summed E-state index contributed by atoms with van der Waals surface area (Å²) in [5, 5.41) is 0. The fourth-order valence-electron chi connectivity index (χ4n) is 3.30. The Kier molecular flexibility index (Phi) is 5.13. The van der Waals surface area contributed by atoms with Gasteiger partial charge in [-0.3, -0.25) is 4.79 Å². The fraction of sp³-hybridized carbons (Fsp3) is 0.350. The van der Waals surface area contributed by atoms with Crippen LogP contribution in [0.3, 0.4) is 0 Å². The number of halogens is 2. The monoisotopic (exact) mass is 344 g/mol. The zero-order valence-electron chi connectivity index (χ0n) is 14.2. The van der Waals surface area contributed by atoms with Crippen molar-refractivity contribution in [3.05, 3.63) is 59.7 Å². The van der Waals surface area contributed by atoms with Crippen LogP contribution in [-0.2, 0) is 0 Å². The molecule has 1 aliphatic rings. The molecule has 0 aromatic heterocycles. The molecule has 0 bridgehead atoms. The molecule has 0 radical (unpaired) electrons. The molecule has 2 aromatic rings. The Labute approximate surface area is 146 Å². The van der Waals surface area contributed by atoms with Crippen molar-refractivity contribution in [1.29, 1.82) is 0 Å². The van der Waals surface area contributed by atoms with Crippen LogP contribution in [0, 0.1) is 17.6 Å². The highest BCUT2D eigenvalue weighted by molar-refractivity contribution is 5.95. The lowest BCUT2D eigenvalue weighted by molar-refractivity contribution is 0.0656. The lowest BCUT2D eigenvalue weighted by atomic mass is 9.91. The number of amides is 1. The molecule has 3 nitrogen and oxygen atoms in total. The number of carbonyl (C=O) groups excluding carboxylic acids is 1. The summed E-state index contributed by atoms with van der Waals surface area (Å²) in [5.41, 5.74) is 7.34. The summed E-state index contributed by atoms with van der Waals surface area (Å²) < 4.78 is 27.5. The highest BCUT2D eigenvalue weighted by Crippen LogP contribution is 2.25. The minimum atomic E-state index is -0.560. The normalized spacial score (nSPS) is 18.9. The van der Waals surface area contributed by atoms with E-state index in [2.05, 4.69) is 0 Å². The first kappa shape index (κ1) is 17.5. The first-order chi connectivity index (χ1) is 12.0. The van der Waals surface area contributed by atoms with E-state index in [1.165, 1.54) is 24.3 Å². The zero-order chi connectivity index (χ0) is 18.0. The minimum absolute atomic E-state index is 0.0151. The van der Waals surface area contributed by atoms with E-state index in [0.29, 0.717) is 24.2 Å². The third-order valence-electron chi connectivity index (χ3n) is 4.87. The fourth-order valence-corrected chi connectivity index (χ4v) is 3.30. The maximum absolute atomic E-state index is 14.5. The second-order valence-corrected chi connectivity index (χ2v) is 6.71.